The molecule has 192 valence electrons. The molecule has 36 heavy (non-hydrogen) atoms. The number of hydrogen-bond acceptors (Lipinski definition) is 7. The number of benzene rings is 1. The van der Waals surface area contributed by atoms with Gasteiger partial charge in [-0.05, 0) is 37.1 Å². The van der Waals surface area contributed by atoms with Gasteiger partial charge in [0, 0.05) is 17.0 Å². The first kappa shape index (κ1) is 25.4. The van der Waals surface area contributed by atoms with Crippen molar-refractivity contribution in [3.63, 3.8) is 0 Å². The van der Waals surface area contributed by atoms with Crippen molar-refractivity contribution in [2.45, 2.75) is 50.9 Å². The number of methoxy groups -OCH3 is 1. The maximum Gasteiger partial charge on any atom is 0.433 e. The van der Waals surface area contributed by atoms with Gasteiger partial charge >= 0.3 is 6.18 Å². The van der Waals surface area contributed by atoms with Crippen molar-refractivity contribution in [2.24, 2.45) is 5.73 Å². The Balaban J connectivity index is 1.58. The number of ether oxygens (including phenoxy) is 1. The smallest absolute Gasteiger partial charge is 0.433 e. The van der Waals surface area contributed by atoms with E-state index in [1.165, 1.54) is 19.2 Å². The van der Waals surface area contributed by atoms with Crippen LogP contribution in [0.1, 0.15) is 54.0 Å². The van der Waals surface area contributed by atoms with Gasteiger partial charge in [-0.15, -0.1) is 0 Å². The number of halogens is 3. The average molecular weight is 505 g/mol. The summed E-state index contributed by atoms with van der Waals surface area (Å²) in [5, 5.41) is 5.71. The molecule has 0 radical (unpaired) electrons. The van der Waals surface area contributed by atoms with E-state index in [1.807, 2.05) is 0 Å². The lowest BCUT2D eigenvalue weighted by Crippen LogP contribution is -2.42. The number of amides is 2. The summed E-state index contributed by atoms with van der Waals surface area (Å²) in [7, 11) is 1.32. The Labute approximate surface area is 204 Å². The fourth-order valence-electron chi connectivity index (χ4n) is 4.25. The minimum absolute atomic E-state index is 0.0264. The molecule has 1 fully saturated rings. The van der Waals surface area contributed by atoms with Crippen LogP contribution in [0.3, 0.4) is 0 Å². The quantitative estimate of drug-likeness (QED) is 0.447. The lowest BCUT2D eigenvalue weighted by Gasteiger charge is -2.22. The van der Waals surface area contributed by atoms with Crippen LogP contribution >= 0.6 is 0 Å². The van der Waals surface area contributed by atoms with Crippen LogP contribution in [-0.2, 0) is 17.5 Å². The van der Waals surface area contributed by atoms with Crippen molar-refractivity contribution in [3.05, 3.63) is 41.4 Å². The highest BCUT2D eigenvalue weighted by atomic mass is 19.4. The van der Waals surface area contributed by atoms with Gasteiger partial charge in [0.1, 0.15) is 17.0 Å². The molecule has 0 unspecified atom stereocenters. The third-order valence-electron chi connectivity index (χ3n) is 6.04. The minimum Gasteiger partial charge on any atom is -0.494 e. The second-order valence-corrected chi connectivity index (χ2v) is 8.49. The Morgan fingerprint density at radius 2 is 1.89 bits per heavy atom. The van der Waals surface area contributed by atoms with Gasteiger partial charge in [-0.25, -0.2) is 9.97 Å². The van der Waals surface area contributed by atoms with E-state index in [9.17, 15) is 22.8 Å². The highest BCUT2D eigenvalue weighted by Gasteiger charge is 2.33. The van der Waals surface area contributed by atoms with E-state index in [2.05, 4.69) is 20.6 Å². The molecule has 12 heteroatoms. The van der Waals surface area contributed by atoms with E-state index < -0.39 is 17.8 Å². The summed E-state index contributed by atoms with van der Waals surface area (Å²) in [5.74, 6) is -0.784. The van der Waals surface area contributed by atoms with Crippen LogP contribution in [-0.4, -0.2) is 41.5 Å². The topological polar surface area (TPSA) is 132 Å². The number of nitrogens with one attached hydrogen (secondary N) is 2. The second-order valence-electron chi connectivity index (χ2n) is 8.49. The Morgan fingerprint density at radius 1 is 1.14 bits per heavy atom. The fraction of sp³-hybridized carbons (Fsp3) is 0.417. The average Bonchev–Trinajstić information content (AvgIpc) is 3.30. The maximum atomic E-state index is 13.2. The summed E-state index contributed by atoms with van der Waals surface area (Å²) in [6.07, 6.45) is 0.470. The predicted octanol–water partition coefficient (Wildman–Crippen LogP) is 3.55. The number of fused-ring (bicyclic) bond motifs is 1. The number of carbonyl (C=O) groups is 2. The van der Waals surface area contributed by atoms with Crippen LogP contribution in [0.4, 0.5) is 13.2 Å². The van der Waals surface area contributed by atoms with Crippen LogP contribution in [0.15, 0.2) is 28.7 Å². The minimum atomic E-state index is -4.64. The summed E-state index contributed by atoms with van der Waals surface area (Å²) < 4.78 is 50.5. The zero-order chi connectivity index (χ0) is 25.9. The Kier molecular flexibility index (Phi) is 7.43. The summed E-state index contributed by atoms with van der Waals surface area (Å²) in [5.41, 5.74) is 4.81. The molecular formula is C24H26F3N5O4. The van der Waals surface area contributed by atoms with E-state index in [0.717, 1.165) is 38.2 Å². The van der Waals surface area contributed by atoms with Crippen LogP contribution in [0.25, 0.3) is 22.4 Å². The van der Waals surface area contributed by atoms with Crippen molar-refractivity contribution in [1.82, 2.24) is 20.6 Å². The molecule has 3 aromatic rings. The van der Waals surface area contributed by atoms with Crippen molar-refractivity contribution in [2.75, 3.05) is 13.7 Å². The molecule has 0 bridgehead atoms. The number of alkyl halides is 3. The molecule has 4 N–H and O–H groups in total. The zero-order valence-electron chi connectivity index (χ0n) is 19.6. The Morgan fingerprint density at radius 3 is 2.56 bits per heavy atom. The van der Waals surface area contributed by atoms with E-state index in [-0.39, 0.29) is 59.0 Å². The number of nitrogens with two attached hydrogens (primary N) is 1. The molecule has 0 saturated heterocycles. The van der Waals surface area contributed by atoms with Crippen molar-refractivity contribution < 1.29 is 31.9 Å². The number of nitrogens with zero attached hydrogens (tertiary/aromatic N) is 2. The van der Waals surface area contributed by atoms with Crippen molar-refractivity contribution >= 4 is 22.7 Å². The lowest BCUT2D eigenvalue weighted by atomic mass is 9.95. The number of rotatable bonds is 7. The van der Waals surface area contributed by atoms with Gasteiger partial charge < -0.3 is 25.5 Å². The monoisotopic (exact) mass is 505 g/mol. The second kappa shape index (κ2) is 10.5. The number of oxazole rings is 1. The molecule has 1 aliphatic carbocycles. The molecule has 0 spiro atoms. The molecule has 1 aliphatic rings. The predicted molar refractivity (Wildman–Crippen MR) is 124 cm³/mol. The molecule has 1 saturated carbocycles. The van der Waals surface area contributed by atoms with Gasteiger partial charge in [0.05, 0.1) is 20.2 Å². The first-order valence-corrected chi connectivity index (χ1v) is 11.5. The van der Waals surface area contributed by atoms with Gasteiger partial charge in [0.25, 0.3) is 5.91 Å². The van der Waals surface area contributed by atoms with Gasteiger partial charge in [-0.3, -0.25) is 9.59 Å². The number of pyridine rings is 1. The molecule has 2 heterocycles. The molecule has 9 nitrogen and oxygen atoms in total. The number of hydrogen-bond donors (Lipinski definition) is 3. The van der Waals surface area contributed by atoms with Crippen molar-refractivity contribution in [1.29, 1.82) is 0 Å². The van der Waals surface area contributed by atoms with E-state index in [4.69, 9.17) is 14.9 Å². The number of aromatic nitrogens is 2. The largest absolute Gasteiger partial charge is 0.494 e. The third-order valence-corrected chi connectivity index (χ3v) is 6.04. The van der Waals surface area contributed by atoms with Crippen LogP contribution < -0.4 is 21.1 Å². The van der Waals surface area contributed by atoms with Crippen LogP contribution in [0, 0.1) is 0 Å². The molecule has 2 aromatic heterocycles. The molecule has 1 aromatic carbocycles. The number of carbonyl (C=O) groups excluding carboxylic acids is 2. The van der Waals surface area contributed by atoms with E-state index >= 15 is 0 Å². The van der Waals surface area contributed by atoms with Gasteiger partial charge in [-0.1, -0.05) is 19.3 Å². The van der Waals surface area contributed by atoms with Gasteiger partial charge in [-0.2, -0.15) is 13.2 Å². The summed E-state index contributed by atoms with van der Waals surface area (Å²) >= 11 is 0. The molecule has 0 aliphatic heterocycles. The zero-order valence-corrected chi connectivity index (χ0v) is 19.6. The highest BCUT2D eigenvalue weighted by Crippen LogP contribution is 2.36. The first-order chi connectivity index (χ1) is 17.2. The summed E-state index contributed by atoms with van der Waals surface area (Å²) in [4.78, 5) is 33.0. The lowest BCUT2D eigenvalue weighted by molar-refractivity contribution is -0.141. The first-order valence-electron chi connectivity index (χ1n) is 11.5. The molecular weight excluding hydrogens is 479 g/mol. The van der Waals surface area contributed by atoms with Gasteiger partial charge in [0.2, 0.25) is 11.8 Å². The van der Waals surface area contributed by atoms with Crippen LogP contribution in [0.2, 0.25) is 0 Å². The fourth-order valence-corrected chi connectivity index (χ4v) is 4.25. The molecule has 2 amide bonds. The van der Waals surface area contributed by atoms with Crippen molar-refractivity contribution in [3.8, 4) is 17.2 Å². The van der Waals surface area contributed by atoms with Gasteiger partial charge in [0.15, 0.2) is 11.5 Å². The van der Waals surface area contributed by atoms with E-state index in [1.54, 1.807) is 6.07 Å². The SMILES string of the molecule is COc1ccc(-c2nc(C(=O)NCC(=O)NC3CCCCC3)c(CN)o2)c2ccc(C(F)(F)F)nc12. The third kappa shape index (κ3) is 5.43. The molecule has 0 atom stereocenters. The van der Waals surface area contributed by atoms with E-state index in [0.29, 0.717) is 5.56 Å². The maximum absolute atomic E-state index is 13.2. The Bertz CT molecular complexity index is 1270. The Hall–Kier alpha value is -3.67. The summed E-state index contributed by atoms with van der Waals surface area (Å²) in [6, 6.07) is 5.17. The highest BCUT2D eigenvalue weighted by molar-refractivity contribution is 5.99. The molecule has 4 rings (SSSR count). The van der Waals surface area contributed by atoms with Crippen LogP contribution in [0.5, 0.6) is 5.75 Å². The normalized spacial score (nSPS) is 14.6. The summed E-state index contributed by atoms with van der Waals surface area (Å²) in [6.45, 7) is -0.397. The standard InChI is InChI=1S/C24H26F3N5O4/c1-35-16-9-7-15(14-8-10-18(24(25,26)27)31-20(14)16)23-32-21(17(11-28)36-23)22(34)29-12-19(33)30-13-5-3-2-4-6-13/h7-10,13H,2-6,11-12,28H2,1H3,(H,29,34)(H,30,33).